The molecule has 3 heterocycles. The quantitative estimate of drug-likeness (QED) is 0.852. The Morgan fingerprint density at radius 2 is 2.32 bits per heavy atom. The molecule has 5 nitrogen and oxygen atoms in total. The average molecular weight is 324 g/mol. The monoisotopic (exact) mass is 324 g/mol. The molecule has 0 aromatic carbocycles. The molecule has 2 aliphatic heterocycles. The van der Waals surface area contributed by atoms with Crippen molar-refractivity contribution in [2.24, 2.45) is 0 Å². The van der Waals surface area contributed by atoms with Crippen LogP contribution in [0.2, 0.25) is 0 Å². The van der Waals surface area contributed by atoms with Gasteiger partial charge in [-0.2, -0.15) is 11.8 Å². The molecule has 1 amide bonds. The first kappa shape index (κ1) is 15.9. The lowest BCUT2D eigenvalue weighted by atomic mass is 9.99. The van der Waals surface area contributed by atoms with Crippen molar-refractivity contribution in [1.82, 2.24) is 10.1 Å². The summed E-state index contributed by atoms with van der Waals surface area (Å²) >= 11 is 1.92. The van der Waals surface area contributed by atoms with Crippen molar-refractivity contribution < 1.29 is 14.1 Å². The Labute approximate surface area is 135 Å². The van der Waals surface area contributed by atoms with E-state index in [0.29, 0.717) is 16.9 Å². The molecule has 2 fully saturated rings. The Kier molecular flexibility index (Phi) is 5.08. The van der Waals surface area contributed by atoms with Crippen LogP contribution < -0.4 is 0 Å². The number of ether oxygens (including phenoxy) is 1. The highest BCUT2D eigenvalue weighted by Crippen LogP contribution is 2.31. The van der Waals surface area contributed by atoms with Gasteiger partial charge in [-0.15, -0.1) is 0 Å². The SMILES string of the molecule is CCC(CC)c1cc(C(=O)N2CCS[C@@H]3COCC[C@H]32)on1. The normalized spacial score (nSPS) is 25.3. The summed E-state index contributed by atoms with van der Waals surface area (Å²) in [7, 11) is 0. The molecule has 0 saturated carbocycles. The lowest BCUT2D eigenvalue weighted by Crippen LogP contribution is -2.54. The minimum Gasteiger partial charge on any atom is -0.380 e. The molecule has 0 N–H and O–H groups in total. The van der Waals surface area contributed by atoms with Crippen molar-refractivity contribution in [1.29, 1.82) is 0 Å². The maximum absolute atomic E-state index is 12.8. The van der Waals surface area contributed by atoms with Gasteiger partial charge < -0.3 is 14.2 Å². The van der Waals surface area contributed by atoms with E-state index in [1.165, 1.54) is 0 Å². The number of carbonyl (C=O) groups excluding carboxylic acids is 1. The number of rotatable bonds is 4. The third kappa shape index (κ3) is 3.04. The topological polar surface area (TPSA) is 55.6 Å². The van der Waals surface area contributed by atoms with Gasteiger partial charge in [0.15, 0.2) is 0 Å². The maximum Gasteiger partial charge on any atom is 0.292 e. The molecule has 2 aliphatic rings. The van der Waals surface area contributed by atoms with Gasteiger partial charge in [-0.25, -0.2) is 0 Å². The van der Waals surface area contributed by atoms with Crippen LogP contribution in [0.3, 0.4) is 0 Å². The zero-order valence-electron chi connectivity index (χ0n) is 13.3. The predicted molar refractivity (Wildman–Crippen MR) is 86.3 cm³/mol. The number of hydrogen-bond acceptors (Lipinski definition) is 5. The highest BCUT2D eigenvalue weighted by Gasteiger charge is 2.38. The van der Waals surface area contributed by atoms with Crippen LogP contribution in [-0.4, -0.2) is 52.8 Å². The van der Waals surface area contributed by atoms with Gasteiger partial charge in [0.25, 0.3) is 5.91 Å². The number of hydrogen-bond donors (Lipinski definition) is 0. The van der Waals surface area contributed by atoms with E-state index >= 15 is 0 Å². The molecular formula is C16H24N2O3S. The molecular weight excluding hydrogens is 300 g/mol. The summed E-state index contributed by atoms with van der Waals surface area (Å²) in [6.07, 6.45) is 2.94. The summed E-state index contributed by atoms with van der Waals surface area (Å²) in [5.74, 6) is 1.71. The van der Waals surface area contributed by atoms with Gasteiger partial charge in [0.05, 0.1) is 12.3 Å². The van der Waals surface area contributed by atoms with E-state index in [9.17, 15) is 4.79 Å². The van der Waals surface area contributed by atoms with E-state index in [1.54, 1.807) is 0 Å². The Balaban J connectivity index is 1.75. The van der Waals surface area contributed by atoms with Crippen LogP contribution in [0.25, 0.3) is 0 Å². The predicted octanol–water partition coefficient (Wildman–Crippen LogP) is 2.92. The van der Waals surface area contributed by atoms with Gasteiger partial charge >= 0.3 is 0 Å². The van der Waals surface area contributed by atoms with Crippen LogP contribution in [0.4, 0.5) is 0 Å². The summed E-state index contributed by atoms with van der Waals surface area (Å²) in [5, 5.41) is 4.52. The molecule has 6 heteroatoms. The van der Waals surface area contributed by atoms with E-state index in [2.05, 4.69) is 19.0 Å². The van der Waals surface area contributed by atoms with E-state index in [4.69, 9.17) is 9.26 Å². The number of thioether (sulfide) groups is 1. The zero-order valence-corrected chi connectivity index (χ0v) is 14.1. The van der Waals surface area contributed by atoms with E-state index in [-0.39, 0.29) is 11.9 Å². The van der Waals surface area contributed by atoms with Gasteiger partial charge in [0.2, 0.25) is 5.76 Å². The zero-order chi connectivity index (χ0) is 15.5. The van der Waals surface area contributed by atoms with Crippen molar-refractivity contribution in [3.05, 3.63) is 17.5 Å². The van der Waals surface area contributed by atoms with Crippen molar-refractivity contribution in [2.75, 3.05) is 25.5 Å². The fourth-order valence-electron chi connectivity index (χ4n) is 3.37. The molecule has 22 heavy (non-hydrogen) atoms. The van der Waals surface area contributed by atoms with Crippen molar-refractivity contribution in [2.45, 2.75) is 50.3 Å². The van der Waals surface area contributed by atoms with Crippen molar-refractivity contribution >= 4 is 17.7 Å². The van der Waals surface area contributed by atoms with Gasteiger partial charge in [-0.05, 0) is 19.3 Å². The third-order valence-corrected chi connectivity index (χ3v) is 6.03. The number of aromatic nitrogens is 1. The Morgan fingerprint density at radius 1 is 1.50 bits per heavy atom. The molecule has 2 atom stereocenters. The molecule has 0 aliphatic carbocycles. The largest absolute Gasteiger partial charge is 0.380 e. The first-order valence-corrected chi connectivity index (χ1v) is 9.26. The Morgan fingerprint density at radius 3 is 3.09 bits per heavy atom. The van der Waals surface area contributed by atoms with Gasteiger partial charge in [-0.3, -0.25) is 4.79 Å². The third-order valence-electron chi connectivity index (χ3n) is 4.74. The van der Waals surface area contributed by atoms with Crippen LogP contribution in [0, 0.1) is 0 Å². The summed E-state index contributed by atoms with van der Waals surface area (Å²) < 4.78 is 10.9. The molecule has 0 unspecified atom stereocenters. The molecule has 1 aromatic heterocycles. The highest BCUT2D eigenvalue weighted by atomic mass is 32.2. The van der Waals surface area contributed by atoms with Crippen LogP contribution >= 0.6 is 11.8 Å². The van der Waals surface area contributed by atoms with Crippen molar-refractivity contribution in [3.8, 4) is 0 Å². The lowest BCUT2D eigenvalue weighted by Gasteiger charge is -2.42. The summed E-state index contributed by atoms with van der Waals surface area (Å²) in [6.45, 7) is 6.54. The minimum atomic E-state index is -0.0121. The first-order chi connectivity index (χ1) is 10.7. The van der Waals surface area contributed by atoms with Gasteiger partial charge in [0.1, 0.15) is 0 Å². The highest BCUT2D eigenvalue weighted by molar-refractivity contribution is 8.00. The fraction of sp³-hybridized carbons (Fsp3) is 0.750. The summed E-state index contributed by atoms with van der Waals surface area (Å²) in [5.41, 5.74) is 0.906. The maximum atomic E-state index is 12.8. The Hall–Kier alpha value is -1.01. The number of fused-ring (bicyclic) bond motifs is 1. The van der Waals surface area contributed by atoms with E-state index in [0.717, 1.165) is 50.5 Å². The summed E-state index contributed by atoms with van der Waals surface area (Å²) in [4.78, 5) is 14.8. The van der Waals surface area contributed by atoms with Crippen molar-refractivity contribution in [3.63, 3.8) is 0 Å². The lowest BCUT2D eigenvalue weighted by molar-refractivity contribution is 0.0296. The Bertz CT molecular complexity index is 513. The number of nitrogens with zero attached hydrogens (tertiary/aromatic N) is 2. The fourth-order valence-corrected chi connectivity index (χ4v) is 4.67. The number of amides is 1. The van der Waals surface area contributed by atoms with Crippen LogP contribution in [0.15, 0.2) is 10.6 Å². The molecule has 2 saturated heterocycles. The van der Waals surface area contributed by atoms with Crippen LogP contribution in [0.1, 0.15) is 55.3 Å². The summed E-state index contributed by atoms with van der Waals surface area (Å²) in [6, 6.07) is 2.11. The molecule has 3 rings (SSSR count). The second kappa shape index (κ2) is 7.04. The molecule has 0 bridgehead atoms. The number of carbonyl (C=O) groups is 1. The van der Waals surface area contributed by atoms with Crippen LogP contribution in [-0.2, 0) is 4.74 Å². The molecule has 122 valence electrons. The molecule has 0 radical (unpaired) electrons. The molecule has 1 aromatic rings. The van der Waals surface area contributed by atoms with Crippen LogP contribution in [0.5, 0.6) is 0 Å². The van der Waals surface area contributed by atoms with Gasteiger partial charge in [-0.1, -0.05) is 19.0 Å². The minimum absolute atomic E-state index is 0.0121. The first-order valence-electron chi connectivity index (χ1n) is 8.21. The molecule has 0 spiro atoms. The smallest absolute Gasteiger partial charge is 0.292 e. The second-order valence-corrected chi connectivity index (χ2v) is 7.32. The van der Waals surface area contributed by atoms with E-state index < -0.39 is 0 Å². The standard InChI is InChI=1S/C16H24N2O3S/c1-3-11(4-2)12-9-14(21-17-12)16(19)18-6-8-22-15-10-20-7-5-13(15)18/h9,11,13,15H,3-8,10H2,1-2H3/t13-,15-/m1/s1. The average Bonchev–Trinajstić information content (AvgIpc) is 3.05. The van der Waals surface area contributed by atoms with E-state index in [1.807, 2.05) is 22.7 Å². The van der Waals surface area contributed by atoms with Gasteiger partial charge in [0, 0.05) is 42.2 Å². The second-order valence-electron chi connectivity index (χ2n) is 5.97.